The zero-order valence-corrected chi connectivity index (χ0v) is 15.0. The van der Waals surface area contributed by atoms with Gasteiger partial charge in [0.1, 0.15) is 10.6 Å². The molecule has 2 aromatic rings. The number of benzene rings is 2. The van der Waals surface area contributed by atoms with E-state index < -0.39 is 20.0 Å². The van der Waals surface area contributed by atoms with Gasteiger partial charge in [0.25, 0.3) is 10.0 Å². The van der Waals surface area contributed by atoms with Crippen molar-refractivity contribution in [3.8, 4) is 5.75 Å². The maximum absolute atomic E-state index is 12.6. The molecule has 0 aliphatic rings. The van der Waals surface area contributed by atoms with Crippen LogP contribution in [0.3, 0.4) is 0 Å². The van der Waals surface area contributed by atoms with Gasteiger partial charge in [-0.2, -0.15) is 0 Å². The number of anilines is 1. The number of ether oxygens (including phenoxy) is 1. The third kappa shape index (κ3) is 3.86. The van der Waals surface area contributed by atoms with Crippen LogP contribution in [0.15, 0.2) is 46.2 Å². The minimum absolute atomic E-state index is 0.0391. The highest BCUT2D eigenvalue weighted by Gasteiger charge is 2.21. The van der Waals surface area contributed by atoms with Crippen molar-refractivity contribution in [2.45, 2.75) is 23.6 Å². The number of hydrogen-bond acceptors (Lipinski definition) is 5. The summed E-state index contributed by atoms with van der Waals surface area (Å²) in [6.45, 7) is 3.32. The molecule has 0 heterocycles. The SMILES string of the molecule is COc1ccc(C)cc1S(=O)(=O)Nc1ccc(C)c(S(N)(=O)=O)c1. The molecule has 2 rings (SSSR count). The van der Waals surface area contributed by atoms with E-state index in [1.54, 1.807) is 26.0 Å². The molecule has 2 aromatic carbocycles. The Kier molecular flexibility index (Phi) is 4.88. The van der Waals surface area contributed by atoms with Crippen LogP contribution in [0.2, 0.25) is 0 Å². The van der Waals surface area contributed by atoms with Crippen molar-refractivity contribution in [2.75, 3.05) is 11.8 Å². The molecule has 0 aliphatic carbocycles. The maximum Gasteiger partial charge on any atom is 0.265 e. The number of methoxy groups -OCH3 is 1. The molecule has 9 heteroatoms. The second-order valence-corrected chi connectivity index (χ2v) is 8.47. The average Bonchev–Trinajstić information content (AvgIpc) is 2.48. The van der Waals surface area contributed by atoms with Crippen molar-refractivity contribution >= 4 is 25.7 Å². The van der Waals surface area contributed by atoms with Crippen molar-refractivity contribution in [2.24, 2.45) is 5.14 Å². The lowest BCUT2D eigenvalue weighted by Gasteiger charge is -2.13. The monoisotopic (exact) mass is 370 g/mol. The first-order chi connectivity index (χ1) is 11.0. The molecule has 0 radical (unpaired) electrons. The second kappa shape index (κ2) is 6.42. The highest BCUT2D eigenvalue weighted by Crippen LogP contribution is 2.28. The highest BCUT2D eigenvalue weighted by molar-refractivity contribution is 7.92. The van der Waals surface area contributed by atoms with Crippen LogP contribution in [0.5, 0.6) is 5.75 Å². The number of nitrogens with two attached hydrogens (primary N) is 1. The smallest absolute Gasteiger partial charge is 0.265 e. The molecule has 0 saturated heterocycles. The van der Waals surface area contributed by atoms with Crippen molar-refractivity contribution in [1.29, 1.82) is 0 Å². The first-order valence-electron chi connectivity index (χ1n) is 6.85. The van der Waals surface area contributed by atoms with Gasteiger partial charge in [0.15, 0.2) is 0 Å². The fourth-order valence-corrected chi connectivity index (χ4v) is 4.29. The van der Waals surface area contributed by atoms with Gasteiger partial charge in [0.05, 0.1) is 17.7 Å². The predicted octanol–water partition coefficient (Wildman–Crippen LogP) is 1.76. The van der Waals surface area contributed by atoms with Gasteiger partial charge in [-0.3, -0.25) is 4.72 Å². The Morgan fingerprint density at radius 3 is 2.21 bits per heavy atom. The molecule has 0 spiro atoms. The van der Waals surface area contributed by atoms with Crippen LogP contribution in [-0.2, 0) is 20.0 Å². The molecule has 130 valence electrons. The number of rotatable bonds is 5. The van der Waals surface area contributed by atoms with Crippen LogP contribution >= 0.6 is 0 Å². The van der Waals surface area contributed by atoms with Crippen molar-refractivity contribution in [3.05, 3.63) is 47.5 Å². The molecule has 3 N–H and O–H groups in total. The van der Waals surface area contributed by atoms with Crippen LogP contribution in [-0.4, -0.2) is 23.9 Å². The van der Waals surface area contributed by atoms with Gasteiger partial charge in [-0.25, -0.2) is 22.0 Å². The largest absolute Gasteiger partial charge is 0.495 e. The summed E-state index contributed by atoms with van der Waals surface area (Å²) in [5.74, 6) is 0.187. The number of aryl methyl sites for hydroxylation is 2. The molecule has 7 nitrogen and oxygen atoms in total. The molecule has 0 saturated carbocycles. The summed E-state index contributed by atoms with van der Waals surface area (Å²) in [7, 11) is -6.55. The zero-order valence-electron chi connectivity index (χ0n) is 13.4. The lowest BCUT2D eigenvalue weighted by Crippen LogP contribution is -2.17. The van der Waals surface area contributed by atoms with Gasteiger partial charge in [-0.15, -0.1) is 0 Å². The molecule has 0 aliphatic heterocycles. The molecule has 0 aromatic heterocycles. The minimum atomic E-state index is -3.96. The fraction of sp³-hybridized carbons (Fsp3) is 0.200. The Balaban J connectivity index is 2.50. The third-order valence-electron chi connectivity index (χ3n) is 3.36. The van der Waals surface area contributed by atoms with Gasteiger partial charge in [0, 0.05) is 0 Å². The topological polar surface area (TPSA) is 116 Å². The molecule has 0 fully saturated rings. The van der Waals surface area contributed by atoms with E-state index in [2.05, 4.69) is 4.72 Å². The Bertz CT molecular complexity index is 983. The Labute approximate surface area is 141 Å². The lowest BCUT2D eigenvalue weighted by atomic mass is 10.2. The van der Waals surface area contributed by atoms with E-state index in [1.165, 1.54) is 31.4 Å². The Hall–Kier alpha value is -2.10. The van der Waals surface area contributed by atoms with Gasteiger partial charge < -0.3 is 4.74 Å². The van der Waals surface area contributed by atoms with Crippen LogP contribution in [0.25, 0.3) is 0 Å². The van der Waals surface area contributed by atoms with Crippen LogP contribution < -0.4 is 14.6 Å². The summed E-state index contributed by atoms with van der Waals surface area (Å²) in [4.78, 5) is -0.179. The predicted molar refractivity (Wildman–Crippen MR) is 91.1 cm³/mol. The van der Waals surface area contributed by atoms with Crippen LogP contribution in [0.1, 0.15) is 11.1 Å². The maximum atomic E-state index is 12.6. The average molecular weight is 370 g/mol. The first kappa shape index (κ1) is 18.2. The normalized spacial score (nSPS) is 12.0. The van der Waals surface area contributed by atoms with Crippen LogP contribution in [0.4, 0.5) is 5.69 Å². The van der Waals surface area contributed by atoms with Gasteiger partial charge in [-0.1, -0.05) is 12.1 Å². The molecule has 24 heavy (non-hydrogen) atoms. The van der Waals surface area contributed by atoms with Crippen molar-refractivity contribution < 1.29 is 21.6 Å². The summed E-state index contributed by atoms with van der Waals surface area (Å²) in [6, 6.07) is 8.87. The quantitative estimate of drug-likeness (QED) is 0.832. The van der Waals surface area contributed by atoms with Crippen LogP contribution in [0, 0.1) is 13.8 Å². The molecular weight excluding hydrogens is 352 g/mol. The molecule has 0 bridgehead atoms. The summed E-state index contributed by atoms with van der Waals surface area (Å²) < 4.78 is 55.8. The number of nitrogens with one attached hydrogen (secondary N) is 1. The summed E-state index contributed by atoms with van der Waals surface area (Å²) in [5, 5.41) is 5.14. The number of primary sulfonamides is 1. The fourth-order valence-electron chi connectivity index (χ4n) is 2.17. The lowest BCUT2D eigenvalue weighted by molar-refractivity contribution is 0.402. The van der Waals surface area contributed by atoms with E-state index in [0.717, 1.165) is 5.56 Å². The first-order valence-corrected chi connectivity index (χ1v) is 9.88. The summed E-state index contributed by atoms with van der Waals surface area (Å²) >= 11 is 0. The molecule has 0 atom stereocenters. The van der Waals surface area contributed by atoms with E-state index in [1.807, 2.05) is 0 Å². The third-order valence-corrected chi connectivity index (χ3v) is 5.81. The second-order valence-electron chi connectivity index (χ2n) is 5.29. The van der Waals surface area contributed by atoms with Crippen molar-refractivity contribution in [1.82, 2.24) is 0 Å². The van der Waals surface area contributed by atoms with E-state index in [4.69, 9.17) is 9.88 Å². The molecular formula is C15H18N2O5S2. The number of sulfonamides is 2. The Morgan fingerprint density at radius 1 is 0.958 bits per heavy atom. The van der Waals surface area contributed by atoms with Crippen molar-refractivity contribution in [3.63, 3.8) is 0 Å². The van der Waals surface area contributed by atoms with Gasteiger partial charge in [0.2, 0.25) is 10.0 Å². The van der Waals surface area contributed by atoms with E-state index >= 15 is 0 Å². The Morgan fingerprint density at radius 2 is 1.62 bits per heavy atom. The van der Waals surface area contributed by atoms with E-state index in [9.17, 15) is 16.8 Å². The summed E-state index contributed by atoms with van der Waals surface area (Å²) in [5.41, 5.74) is 1.26. The molecule has 0 amide bonds. The molecule has 0 unspecified atom stereocenters. The minimum Gasteiger partial charge on any atom is -0.495 e. The highest BCUT2D eigenvalue weighted by atomic mass is 32.2. The van der Waals surface area contributed by atoms with Gasteiger partial charge >= 0.3 is 0 Å². The van der Waals surface area contributed by atoms with Gasteiger partial charge in [-0.05, 0) is 49.2 Å². The number of hydrogen-bond donors (Lipinski definition) is 2. The summed E-state index contributed by atoms with van der Waals surface area (Å²) in [6.07, 6.45) is 0. The van der Waals surface area contributed by atoms with E-state index in [-0.39, 0.29) is 21.2 Å². The van der Waals surface area contributed by atoms with E-state index in [0.29, 0.717) is 5.56 Å². The zero-order chi connectivity index (χ0) is 18.1. The standard InChI is InChI=1S/C15H18N2O5S2/c1-10-4-7-13(22-3)15(8-10)24(20,21)17-12-6-5-11(2)14(9-12)23(16,18)19/h4-9,17H,1-3H3,(H2,16,18,19).